The lowest BCUT2D eigenvalue weighted by Gasteiger charge is -2.17. The number of benzene rings is 2. The smallest absolute Gasteiger partial charge is 0.237 e. The van der Waals surface area contributed by atoms with Crippen LogP contribution in [0.15, 0.2) is 48.5 Å². The van der Waals surface area contributed by atoms with Crippen molar-refractivity contribution in [2.24, 2.45) is 5.73 Å². The van der Waals surface area contributed by atoms with E-state index in [1.54, 1.807) is 0 Å². The number of hydrogen-bond donors (Lipinski definition) is 2. The summed E-state index contributed by atoms with van der Waals surface area (Å²) in [5.74, 6) is 0.631. The number of carbonyl (C=O) groups excluding carboxylic acids is 1. The maximum atomic E-state index is 12.4. The third kappa shape index (κ3) is 5.81. The summed E-state index contributed by atoms with van der Waals surface area (Å²) in [6.07, 6.45) is 2.80. The van der Waals surface area contributed by atoms with Crippen molar-refractivity contribution in [3.8, 4) is 5.75 Å². The molecule has 1 fully saturated rings. The van der Waals surface area contributed by atoms with E-state index in [9.17, 15) is 4.79 Å². The molecular weight excluding hydrogens is 340 g/mol. The summed E-state index contributed by atoms with van der Waals surface area (Å²) < 4.78 is 11.6. The average Bonchev–Trinajstić information content (AvgIpc) is 3.19. The van der Waals surface area contributed by atoms with Crippen LogP contribution in [0, 0.1) is 6.92 Å². The van der Waals surface area contributed by atoms with Crippen molar-refractivity contribution in [2.45, 2.75) is 44.9 Å². The largest absolute Gasteiger partial charge is 0.491 e. The van der Waals surface area contributed by atoms with Crippen molar-refractivity contribution in [3.05, 3.63) is 65.2 Å². The van der Waals surface area contributed by atoms with Crippen molar-refractivity contribution in [2.75, 3.05) is 13.2 Å². The zero-order chi connectivity index (χ0) is 19.1. The highest BCUT2D eigenvalue weighted by Crippen LogP contribution is 2.22. The van der Waals surface area contributed by atoms with Gasteiger partial charge < -0.3 is 20.5 Å². The quantitative estimate of drug-likeness (QED) is 0.751. The molecule has 1 unspecified atom stereocenters. The van der Waals surface area contributed by atoms with E-state index >= 15 is 0 Å². The first-order valence-electron chi connectivity index (χ1n) is 9.53. The van der Waals surface area contributed by atoms with Gasteiger partial charge in [0, 0.05) is 18.7 Å². The summed E-state index contributed by atoms with van der Waals surface area (Å²) in [5.41, 5.74) is 9.17. The second kappa shape index (κ2) is 9.53. The zero-order valence-corrected chi connectivity index (χ0v) is 15.8. The molecule has 2 aromatic rings. The first kappa shape index (κ1) is 19.4. The van der Waals surface area contributed by atoms with Gasteiger partial charge in [-0.1, -0.05) is 42.5 Å². The van der Waals surface area contributed by atoms with E-state index in [0.717, 1.165) is 41.9 Å². The molecule has 5 heteroatoms. The molecule has 0 spiro atoms. The number of aryl methyl sites for hydroxylation is 1. The molecule has 27 heavy (non-hydrogen) atoms. The fourth-order valence-corrected chi connectivity index (χ4v) is 3.17. The molecule has 0 radical (unpaired) electrons. The van der Waals surface area contributed by atoms with E-state index in [0.29, 0.717) is 19.6 Å². The summed E-state index contributed by atoms with van der Waals surface area (Å²) in [4.78, 5) is 12.4. The lowest BCUT2D eigenvalue weighted by molar-refractivity contribution is -0.122. The standard InChI is InChI=1S/C22H28N2O3/c1-16-9-10-18(21(12-16)27-15-19-8-5-11-26-19)14-24-22(25)20(23)13-17-6-3-2-4-7-17/h2-4,6-7,9-10,12,19-20H,5,8,11,13-15,23H2,1H3,(H,24,25)/t19?,20-/m0/s1. The predicted molar refractivity (Wildman–Crippen MR) is 106 cm³/mol. The van der Waals surface area contributed by atoms with Gasteiger partial charge in [0.2, 0.25) is 5.91 Å². The lowest BCUT2D eigenvalue weighted by atomic mass is 10.1. The fourth-order valence-electron chi connectivity index (χ4n) is 3.17. The third-order valence-electron chi connectivity index (χ3n) is 4.76. The van der Waals surface area contributed by atoms with Crippen LogP contribution in [0.3, 0.4) is 0 Å². The molecule has 3 rings (SSSR count). The van der Waals surface area contributed by atoms with Gasteiger partial charge in [0.25, 0.3) is 0 Å². The third-order valence-corrected chi connectivity index (χ3v) is 4.76. The van der Waals surface area contributed by atoms with Gasteiger partial charge in [-0.25, -0.2) is 0 Å². The number of nitrogens with two attached hydrogens (primary N) is 1. The van der Waals surface area contributed by atoms with E-state index in [1.165, 1.54) is 0 Å². The lowest BCUT2D eigenvalue weighted by Crippen LogP contribution is -2.41. The summed E-state index contributed by atoms with van der Waals surface area (Å²) >= 11 is 0. The van der Waals surface area contributed by atoms with Crippen molar-refractivity contribution < 1.29 is 14.3 Å². The number of rotatable bonds is 8. The van der Waals surface area contributed by atoms with E-state index in [4.69, 9.17) is 15.2 Å². The molecule has 0 aliphatic carbocycles. The highest BCUT2D eigenvalue weighted by Gasteiger charge is 2.18. The van der Waals surface area contributed by atoms with Crippen LogP contribution in [0.4, 0.5) is 0 Å². The zero-order valence-electron chi connectivity index (χ0n) is 15.8. The summed E-state index contributed by atoms with van der Waals surface area (Å²) in [7, 11) is 0. The monoisotopic (exact) mass is 368 g/mol. The Morgan fingerprint density at radius 3 is 2.85 bits per heavy atom. The molecule has 0 saturated carbocycles. The minimum Gasteiger partial charge on any atom is -0.491 e. The molecular formula is C22H28N2O3. The van der Waals surface area contributed by atoms with Crippen LogP contribution in [0.1, 0.15) is 29.5 Å². The van der Waals surface area contributed by atoms with Gasteiger partial charge in [0.05, 0.1) is 12.1 Å². The molecule has 5 nitrogen and oxygen atoms in total. The van der Waals surface area contributed by atoms with E-state index in [1.807, 2.05) is 55.5 Å². The molecule has 0 aromatic heterocycles. The van der Waals surface area contributed by atoms with Crippen LogP contribution < -0.4 is 15.8 Å². The van der Waals surface area contributed by atoms with E-state index < -0.39 is 6.04 Å². The molecule has 1 aliphatic heterocycles. The summed E-state index contributed by atoms with van der Waals surface area (Å²) in [6, 6.07) is 15.2. The predicted octanol–water partition coefficient (Wildman–Crippen LogP) is 2.74. The van der Waals surface area contributed by atoms with Crippen molar-refractivity contribution in [1.29, 1.82) is 0 Å². The van der Waals surface area contributed by atoms with Crippen LogP contribution >= 0.6 is 0 Å². The Balaban J connectivity index is 1.55. The molecule has 1 aliphatic rings. The summed E-state index contributed by atoms with van der Waals surface area (Å²) in [6.45, 7) is 3.77. The van der Waals surface area contributed by atoms with Crippen LogP contribution in [0.25, 0.3) is 0 Å². The number of nitrogens with one attached hydrogen (secondary N) is 1. The van der Waals surface area contributed by atoms with Crippen molar-refractivity contribution in [3.63, 3.8) is 0 Å². The normalized spacial score (nSPS) is 17.5. The molecule has 3 N–H and O–H groups in total. The Morgan fingerprint density at radius 1 is 1.30 bits per heavy atom. The Morgan fingerprint density at radius 2 is 2.11 bits per heavy atom. The molecule has 144 valence electrons. The molecule has 1 amide bonds. The van der Waals surface area contributed by atoms with Crippen LogP contribution in [-0.4, -0.2) is 31.3 Å². The van der Waals surface area contributed by atoms with E-state index in [2.05, 4.69) is 5.32 Å². The molecule has 0 bridgehead atoms. The fraction of sp³-hybridized carbons (Fsp3) is 0.409. The first-order chi connectivity index (χ1) is 13.1. The minimum absolute atomic E-state index is 0.159. The number of hydrogen-bond acceptors (Lipinski definition) is 4. The highest BCUT2D eigenvalue weighted by atomic mass is 16.5. The van der Waals surface area contributed by atoms with Gasteiger partial charge in [-0.05, 0) is 43.4 Å². The van der Waals surface area contributed by atoms with Crippen LogP contribution in [0.2, 0.25) is 0 Å². The Bertz CT molecular complexity index is 742. The molecule has 1 heterocycles. The highest BCUT2D eigenvalue weighted by molar-refractivity contribution is 5.81. The second-order valence-electron chi connectivity index (χ2n) is 7.07. The van der Waals surface area contributed by atoms with Crippen LogP contribution in [-0.2, 0) is 22.5 Å². The number of carbonyl (C=O) groups is 1. The van der Waals surface area contributed by atoms with Gasteiger partial charge in [-0.3, -0.25) is 4.79 Å². The van der Waals surface area contributed by atoms with Gasteiger partial charge >= 0.3 is 0 Å². The maximum absolute atomic E-state index is 12.4. The molecule has 2 atom stereocenters. The molecule has 1 saturated heterocycles. The summed E-state index contributed by atoms with van der Waals surface area (Å²) in [5, 5.41) is 2.93. The molecule has 2 aromatic carbocycles. The average molecular weight is 368 g/mol. The Kier molecular flexibility index (Phi) is 6.85. The van der Waals surface area contributed by atoms with Gasteiger partial charge in [-0.2, -0.15) is 0 Å². The minimum atomic E-state index is -0.575. The first-order valence-corrected chi connectivity index (χ1v) is 9.53. The van der Waals surface area contributed by atoms with Gasteiger partial charge in [0.15, 0.2) is 0 Å². The van der Waals surface area contributed by atoms with Crippen LogP contribution in [0.5, 0.6) is 5.75 Å². The van der Waals surface area contributed by atoms with Gasteiger partial charge in [0.1, 0.15) is 12.4 Å². The van der Waals surface area contributed by atoms with E-state index in [-0.39, 0.29) is 12.0 Å². The second-order valence-corrected chi connectivity index (χ2v) is 7.07. The number of ether oxygens (including phenoxy) is 2. The Hall–Kier alpha value is -2.37. The maximum Gasteiger partial charge on any atom is 0.237 e. The van der Waals surface area contributed by atoms with Gasteiger partial charge in [-0.15, -0.1) is 0 Å². The SMILES string of the molecule is Cc1ccc(CNC(=O)[C@@H](N)Cc2ccccc2)c(OCC2CCCO2)c1. The topological polar surface area (TPSA) is 73.6 Å². The van der Waals surface area contributed by atoms with Crippen molar-refractivity contribution in [1.82, 2.24) is 5.32 Å². The Labute approximate surface area is 160 Å². The number of amides is 1. The van der Waals surface area contributed by atoms with Crippen molar-refractivity contribution >= 4 is 5.91 Å².